The van der Waals surface area contributed by atoms with E-state index in [1.165, 1.54) is 0 Å². The molecule has 0 spiro atoms. The number of imidazole rings is 1. The Morgan fingerprint density at radius 1 is 1.24 bits per heavy atom. The molecule has 0 aliphatic carbocycles. The SMILES string of the molecule is COc1ccccc1-c1nc(C#N)c(C#N)[nH]1. The number of aromatic amines is 1. The van der Waals surface area contributed by atoms with Crippen LogP contribution in [0.5, 0.6) is 5.75 Å². The van der Waals surface area contributed by atoms with Crippen molar-refractivity contribution in [1.82, 2.24) is 9.97 Å². The summed E-state index contributed by atoms with van der Waals surface area (Å²) >= 11 is 0. The third kappa shape index (κ3) is 1.82. The van der Waals surface area contributed by atoms with Gasteiger partial charge in [0.05, 0.1) is 12.7 Å². The summed E-state index contributed by atoms with van der Waals surface area (Å²) in [5.41, 5.74) is 0.967. The van der Waals surface area contributed by atoms with Crippen LogP contribution in [0.25, 0.3) is 11.4 Å². The number of methoxy groups -OCH3 is 1. The molecule has 5 nitrogen and oxygen atoms in total. The van der Waals surface area contributed by atoms with E-state index in [1.54, 1.807) is 19.2 Å². The maximum Gasteiger partial charge on any atom is 0.177 e. The highest BCUT2D eigenvalue weighted by Gasteiger charge is 2.13. The van der Waals surface area contributed by atoms with E-state index in [4.69, 9.17) is 15.3 Å². The van der Waals surface area contributed by atoms with Gasteiger partial charge in [0.2, 0.25) is 0 Å². The minimum Gasteiger partial charge on any atom is -0.496 e. The molecule has 0 radical (unpaired) electrons. The van der Waals surface area contributed by atoms with Gasteiger partial charge in [0, 0.05) is 0 Å². The van der Waals surface area contributed by atoms with Crippen LogP contribution in [-0.2, 0) is 0 Å². The highest BCUT2D eigenvalue weighted by Crippen LogP contribution is 2.27. The van der Waals surface area contributed by atoms with E-state index in [0.717, 1.165) is 0 Å². The van der Waals surface area contributed by atoms with Crippen molar-refractivity contribution >= 4 is 0 Å². The number of nitrogens with one attached hydrogen (secondary N) is 1. The summed E-state index contributed by atoms with van der Waals surface area (Å²) in [6.45, 7) is 0. The largest absolute Gasteiger partial charge is 0.496 e. The fourth-order valence-electron chi connectivity index (χ4n) is 1.50. The molecule has 1 aromatic heterocycles. The number of nitrogens with zero attached hydrogens (tertiary/aromatic N) is 3. The minimum absolute atomic E-state index is 0.0911. The lowest BCUT2D eigenvalue weighted by atomic mass is 10.2. The monoisotopic (exact) mass is 224 g/mol. The topological polar surface area (TPSA) is 85.5 Å². The summed E-state index contributed by atoms with van der Waals surface area (Å²) < 4.78 is 5.19. The number of benzene rings is 1. The van der Waals surface area contributed by atoms with Crippen molar-refractivity contribution in [2.75, 3.05) is 7.11 Å². The fourth-order valence-corrected chi connectivity index (χ4v) is 1.50. The number of hydrogen-bond donors (Lipinski definition) is 1. The van der Waals surface area contributed by atoms with Crippen LogP contribution in [0, 0.1) is 22.7 Å². The molecule has 5 heteroatoms. The first kappa shape index (κ1) is 10.7. The fraction of sp³-hybridized carbons (Fsp3) is 0.0833. The van der Waals surface area contributed by atoms with E-state index < -0.39 is 0 Å². The van der Waals surface area contributed by atoms with E-state index in [-0.39, 0.29) is 11.4 Å². The summed E-state index contributed by atoms with van der Waals surface area (Å²) in [6.07, 6.45) is 0. The third-order valence-electron chi connectivity index (χ3n) is 2.28. The summed E-state index contributed by atoms with van der Waals surface area (Å²) in [5.74, 6) is 1.09. The van der Waals surface area contributed by atoms with Gasteiger partial charge in [-0.15, -0.1) is 0 Å². The first-order chi connectivity index (χ1) is 8.30. The number of hydrogen-bond acceptors (Lipinski definition) is 4. The molecule has 0 aliphatic rings. The minimum atomic E-state index is 0.0911. The molecule has 1 aromatic carbocycles. The summed E-state index contributed by atoms with van der Waals surface area (Å²) in [6, 6.07) is 11.0. The molecule has 2 rings (SSSR count). The molecule has 17 heavy (non-hydrogen) atoms. The standard InChI is InChI=1S/C12H8N4O/c1-17-11-5-3-2-4-8(11)12-15-9(6-13)10(7-14)16-12/h2-5H,1H3,(H,15,16). The zero-order valence-electron chi connectivity index (χ0n) is 9.06. The van der Waals surface area contributed by atoms with Crippen LogP contribution in [0.15, 0.2) is 24.3 Å². The van der Waals surface area contributed by atoms with Crippen molar-refractivity contribution in [2.45, 2.75) is 0 Å². The molecule has 82 valence electrons. The molecule has 1 N–H and O–H groups in total. The molecule has 2 aromatic rings. The number of para-hydroxylation sites is 1. The first-order valence-electron chi connectivity index (χ1n) is 4.83. The lowest BCUT2D eigenvalue weighted by Crippen LogP contribution is -1.88. The highest BCUT2D eigenvalue weighted by atomic mass is 16.5. The molecular weight excluding hydrogens is 216 g/mol. The maximum absolute atomic E-state index is 8.83. The van der Waals surface area contributed by atoms with E-state index in [2.05, 4.69) is 9.97 Å². The van der Waals surface area contributed by atoms with Crippen molar-refractivity contribution in [1.29, 1.82) is 10.5 Å². The average Bonchev–Trinajstić information content (AvgIpc) is 2.81. The van der Waals surface area contributed by atoms with Crippen molar-refractivity contribution < 1.29 is 4.74 Å². The molecule has 0 saturated carbocycles. The zero-order chi connectivity index (χ0) is 12.3. The molecule has 0 amide bonds. The van der Waals surface area contributed by atoms with Gasteiger partial charge in [-0.2, -0.15) is 10.5 Å². The van der Waals surface area contributed by atoms with Gasteiger partial charge in [-0.3, -0.25) is 0 Å². The van der Waals surface area contributed by atoms with Gasteiger partial charge in [0.1, 0.15) is 23.7 Å². The Morgan fingerprint density at radius 2 is 2.00 bits per heavy atom. The molecular formula is C12H8N4O. The number of ether oxygens (including phenoxy) is 1. The van der Waals surface area contributed by atoms with Crippen molar-refractivity contribution in [3.8, 4) is 29.3 Å². The van der Waals surface area contributed by atoms with Crippen LogP contribution in [-0.4, -0.2) is 17.1 Å². The van der Waals surface area contributed by atoms with Crippen molar-refractivity contribution in [3.05, 3.63) is 35.7 Å². The van der Waals surface area contributed by atoms with Crippen LogP contribution >= 0.6 is 0 Å². The van der Waals surface area contributed by atoms with Gasteiger partial charge in [-0.25, -0.2) is 4.98 Å². The maximum atomic E-state index is 8.83. The number of H-pyrrole nitrogens is 1. The molecule has 0 aliphatic heterocycles. The Balaban J connectivity index is 2.59. The molecule has 0 fully saturated rings. The van der Waals surface area contributed by atoms with Gasteiger partial charge in [-0.05, 0) is 12.1 Å². The van der Waals surface area contributed by atoms with Crippen molar-refractivity contribution in [2.24, 2.45) is 0 Å². The lowest BCUT2D eigenvalue weighted by Gasteiger charge is -2.04. The average molecular weight is 224 g/mol. The van der Waals surface area contributed by atoms with Gasteiger partial charge < -0.3 is 9.72 Å². The second kappa shape index (κ2) is 4.38. The van der Waals surface area contributed by atoms with E-state index >= 15 is 0 Å². The van der Waals surface area contributed by atoms with Crippen LogP contribution in [0.4, 0.5) is 0 Å². The Kier molecular flexibility index (Phi) is 2.76. The molecule has 1 heterocycles. The van der Waals surface area contributed by atoms with Crippen LogP contribution in [0.2, 0.25) is 0 Å². The smallest absolute Gasteiger partial charge is 0.177 e. The van der Waals surface area contributed by atoms with Gasteiger partial charge >= 0.3 is 0 Å². The van der Waals surface area contributed by atoms with Gasteiger partial charge in [0.25, 0.3) is 0 Å². The van der Waals surface area contributed by atoms with Crippen LogP contribution < -0.4 is 4.74 Å². The summed E-state index contributed by atoms with van der Waals surface area (Å²) in [4.78, 5) is 6.86. The van der Waals surface area contributed by atoms with E-state index in [1.807, 2.05) is 24.3 Å². The normalized spacial score (nSPS) is 9.35. The van der Waals surface area contributed by atoms with E-state index in [0.29, 0.717) is 17.1 Å². The second-order valence-electron chi connectivity index (χ2n) is 3.23. The Hall–Kier alpha value is -2.79. The zero-order valence-corrected chi connectivity index (χ0v) is 9.06. The Morgan fingerprint density at radius 3 is 2.59 bits per heavy atom. The summed E-state index contributed by atoms with van der Waals surface area (Å²) in [5, 5.41) is 17.7. The van der Waals surface area contributed by atoms with Gasteiger partial charge in [0.15, 0.2) is 11.4 Å². The van der Waals surface area contributed by atoms with Crippen LogP contribution in [0.3, 0.4) is 0 Å². The van der Waals surface area contributed by atoms with Gasteiger partial charge in [-0.1, -0.05) is 12.1 Å². The first-order valence-corrected chi connectivity index (χ1v) is 4.83. The van der Waals surface area contributed by atoms with E-state index in [9.17, 15) is 0 Å². The Labute approximate surface area is 97.9 Å². The third-order valence-corrected chi connectivity index (χ3v) is 2.28. The Bertz CT molecular complexity index is 599. The number of nitriles is 2. The molecule has 0 atom stereocenters. The quantitative estimate of drug-likeness (QED) is 0.843. The predicted molar refractivity (Wildman–Crippen MR) is 60.0 cm³/mol. The number of rotatable bonds is 2. The summed E-state index contributed by atoms with van der Waals surface area (Å²) in [7, 11) is 1.55. The highest BCUT2D eigenvalue weighted by molar-refractivity contribution is 5.65. The number of aromatic nitrogens is 2. The molecule has 0 bridgehead atoms. The van der Waals surface area contributed by atoms with Crippen molar-refractivity contribution in [3.63, 3.8) is 0 Å². The molecule has 0 unspecified atom stereocenters. The molecule has 0 saturated heterocycles. The predicted octanol–water partition coefficient (Wildman–Crippen LogP) is 1.83. The lowest BCUT2D eigenvalue weighted by molar-refractivity contribution is 0.416. The second-order valence-corrected chi connectivity index (χ2v) is 3.23. The van der Waals surface area contributed by atoms with Crippen LogP contribution in [0.1, 0.15) is 11.4 Å².